The SMILES string of the molecule is CNC(=O)NC(=O)CN1CCC[C@@H]2CCC[C@H](C)[C@@H]21. The Balaban J connectivity index is 1.94. The summed E-state index contributed by atoms with van der Waals surface area (Å²) >= 11 is 0. The summed E-state index contributed by atoms with van der Waals surface area (Å²) in [6.45, 7) is 3.62. The lowest BCUT2D eigenvalue weighted by molar-refractivity contribution is -0.123. The van der Waals surface area contributed by atoms with Crippen LogP contribution in [-0.4, -0.2) is 43.0 Å². The van der Waals surface area contributed by atoms with Crippen LogP contribution in [0, 0.1) is 11.8 Å². The van der Waals surface area contributed by atoms with Gasteiger partial charge in [-0.05, 0) is 44.1 Å². The molecule has 5 nitrogen and oxygen atoms in total. The van der Waals surface area contributed by atoms with Crippen LogP contribution in [0.4, 0.5) is 4.79 Å². The van der Waals surface area contributed by atoms with Gasteiger partial charge in [0, 0.05) is 13.1 Å². The summed E-state index contributed by atoms with van der Waals surface area (Å²) in [5.74, 6) is 1.20. The fourth-order valence-electron chi connectivity index (χ4n) is 3.78. The molecule has 0 aromatic rings. The maximum absolute atomic E-state index is 11.8. The number of nitrogens with one attached hydrogen (secondary N) is 2. The van der Waals surface area contributed by atoms with Crippen LogP contribution in [0.3, 0.4) is 0 Å². The van der Waals surface area contributed by atoms with Crippen molar-refractivity contribution in [2.75, 3.05) is 20.1 Å². The van der Waals surface area contributed by atoms with Crippen LogP contribution in [0.2, 0.25) is 0 Å². The second-order valence-corrected chi connectivity index (χ2v) is 5.90. The lowest BCUT2D eigenvalue weighted by atomic mass is 9.73. The van der Waals surface area contributed by atoms with Crippen molar-refractivity contribution in [3.8, 4) is 0 Å². The quantitative estimate of drug-likeness (QED) is 0.794. The highest BCUT2D eigenvalue weighted by Crippen LogP contribution is 2.38. The first-order chi connectivity index (χ1) is 9.11. The van der Waals surface area contributed by atoms with E-state index in [1.54, 1.807) is 0 Å². The topological polar surface area (TPSA) is 61.4 Å². The average Bonchev–Trinajstić information content (AvgIpc) is 2.38. The number of fused-ring (bicyclic) bond motifs is 1. The zero-order valence-corrected chi connectivity index (χ0v) is 11.9. The molecule has 3 atom stereocenters. The van der Waals surface area contributed by atoms with Crippen molar-refractivity contribution >= 4 is 11.9 Å². The van der Waals surface area contributed by atoms with E-state index in [0.29, 0.717) is 18.5 Å². The van der Waals surface area contributed by atoms with Crippen LogP contribution < -0.4 is 10.6 Å². The Hall–Kier alpha value is -1.10. The van der Waals surface area contributed by atoms with E-state index in [1.807, 2.05) is 0 Å². The van der Waals surface area contributed by atoms with E-state index >= 15 is 0 Å². The van der Waals surface area contributed by atoms with Crippen molar-refractivity contribution in [2.24, 2.45) is 11.8 Å². The normalized spacial score (nSPS) is 31.4. The van der Waals surface area contributed by atoms with Gasteiger partial charge in [0.25, 0.3) is 0 Å². The fraction of sp³-hybridized carbons (Fsp3) is 0.857. The molecule has 5 heteroatoms. The number of likely N-dealkylation sites (tertiary alicyclic amines) is 1. The minimum absolute atomic E-state index is 0.197. The third-order valence-electron chi connectivity index (χ3n) is 4.57. The van der Waals surface area contributed by atoms with Crippen LogP contribution in [-0.2, 0) is 4.79 Å². The van der Waals surface area contributed by atoms with Gasteiger partial charge in [-0.15, -0.1) is 0 Å². The molecule has 1 aliphatic heterocycles. The highest BCUT2D eigenvalue weighted by molar-refractivity contribution is 5.95. The third-order valence-corrected chi connectivity index (χ3v) is 4.57. The van der Waals surface area contributed by atoms with E-state index in [4.69, 9.17) is 0 Å². The van der Waals surface area contributed by atoms with Gasteiger partial charge in [-0.25, -0.2) is 4.79 Å². The van der Waals surface area contributed by atoms with E-state index in [1.165, 1.54) is 39.2 Å². The van der Waals surface area contributed by atoms with E-state index < -0.39 is 6.03 Å². The second kappa shape index (κ2) is 6.37. The number of hydrogen-bond acceptors (Lipinski definition) is 3. The Bertz CT molecular complexity index is 344. The van der Waals surface area contributed by atoms with Crippen LogP contribution in [0.5, 0.6) is 0 Å². The minimum atomic E-state index is -0.421. The van der Waals surface area contributed by atoms with Crippen LogP contribution in [0.15, 0.2) is 0 Å². The fourth-order valence-corrected chi connectivity index (χ4v) is 3.78. The Morgan fingerprint density at radius 2 is 1.95 bits per heavy atom. The van der Waals surface area contributed by atoms with Crippen molar-refractivity contribution in [3.63, 3.8) is 0 Å². The number of rotatable bonds is 2. The van der Waals surface area contributed by atoms with Gasteiger partial charge in [0.1, 0.15) is 0 Å². The lowest BCUT2D eigenvalue weighted by Gasteiger charge is -2.47. The second-order valence-electron chi connectivity index (χ2n) is 5.90. The summed E-state index contributed by atoms with van der Waals surface area (Å²) in [5, 5.41) is 4.77. The molecule has 2 aliphatic rings. The molecule has 0 spiro atoms. The number of amides is 3. The summed E-state index contributed by atoms with van der Waals surface area (Å²) in [5.41, 5.74) is 0. The summed E-state index contributed by atoms with van der Waals surface area (Å²) < 4.78 is 0. The van der Waals surface area contributed by atoms with Gasteiger partial charge < -0.3 is 5.32 Å². The monoisotopic (exact) mass is 267 g/mol. The molecule has 0 aromatic heterocycles. The van der Waals surface area contributed by atoms with Gasteiger partial charge in [0.05, 0.1) is 6.54 Å². The van der Waals surface area contributed by atoms with Crippen LogP contribution in [0.25, 0.3) is 0 Å². The molecule has 1 aliphatic carbocycles. The highest BCUT2D eigenvalue weighted by Gasteiger charge is 2.38. The van der Waals surface area contributed by atoms with Gasteiger partial charge in [-0.2, -0.15) is 0 Å². The van der Waals surface area contributed by atoms with Crippen molar-refractivity contribution in [1.82, 2.24) is 15.5 Å². The molecule has 2 N–H and O–H groups in total. The number of urea groups is 1. The molecule has 1 saturated heterocycles. The first-order valence-corrected chi connectivity index (χ1v) is 7.37. The van der Waals surface area contributed by atoms with Crippen molar-refractivity contribution in [1.29, 1.82) is 0 Å². The van der Waals surface area contributed by atoms with Gasteiger partial charge in [0.15, 0.2) is 0 Å². The summed E-state index contributed by atoms with van der Waals surface area (Å²) in [4.78, 5) is 25.3. The standard InChI is InChI=1S/C14H25N3O2/c1-10-5-3-6-11-7-4-8-17(13(10)11)9-12(18)16-14(19)15-2/h10-11,13H,3-9H2,1-2H3,(H2,15,16,18,19)/t10-,11-,13-/m0/s1. The molecule has 108 valence electrons. The van der Waals surface area contributed by atoms with E-state index in [0.717, 1.165) is 12.5 Å². The summed E-state index contributed by atoms with van der Waals surface area (Å²) in [6, 6.07) is 0.105. The van der Waals surface area contributed by atoms with E-state index in [-0.39, 0.29) is 5.91 Å². The van der Waals surface area contributed by atoms with Crippen LogP contribution in [0.1, 0.15) is 39.0 Å². The zero-order chi connectivity index (χ0) is 13.8. The van der Waals surface area contributed by atoms with Crippen molar-refractivity contribution < 1.29 is 9.59 Å². The van der Waals surface area contributed by atoms with Gasteiger partial charge in [-0.1, -0.05) is 13.3 Å². The van der Waals surface area contributed by atoms with E-state index in [2.05, 4.69) is 22.5 Å². The Labute approximate surface area is 115 Å². The number of piperidine rings is 1. The predicted molar refractivity (Wildman–Crippen MR) is 73.7 cm³/mol. The molecule has 0 bridgehead atoms. The number of nitrogens with zero attached hydrogens (tertiary/aromatic N) is 1. The lowest BCUT2D eigenvalue weighted by Crippen LogP contribution is -2.54. The molecular formula is C14H25N3O2. The largest absolute Gasteiger partial charge is 0.341 e. The van der Waals surface area contributed by atoms with Gasteiger partial charge >= 0.3 is 6.03 Å². The molecule has 1 saturated carbocycles. The summed E-state index contributed by atoms with van der Waals surface area (Å²) in [7, 11) is 1.52. The molecule has 0 aromatic carbocycles. The predicted octanol–water partition coefficient (Wildman–Crippen LogP) is 1.34. The molecule has 19 heavy (non-hydrogen) atoms. The number of imide groups is 1. The molecule has 2 fully saturated rings. The average molecular weight is 267 g/mol. The Morgan fingerprint density at radius 3 is 2.68 bits per heavy atom. The Morgan fingerprint density at radius 1 is 1.21 bits per heavy atom. The van der Waals surface area contributed by atoms with Gasteiger partial charge in [-0.3, -0.25) is 15.0 Å². The minimum Gasteiger partial charge on any atom is -0.341 e. The molecule has 0 unspecified atom stereocenters. The third kappa shape index (κ3) is 3.47. The molecule has 1 heterocycles. The van der Waals surface area contributed by atoms with E-state index in [9.17, 15) is 9.59 Å². The van der Waals surface area contributed by atoms with Crippen molar-refractivity contribution in [2.45, 2.75) is 45.1 Å². The molecule has 2 rings (SSSR count). The number of hydrogen-bond donors (Lipinski definition) is 2. The Kier molecular flexibility index (Phi) is 4.80. The first-order valence-electron chi connectivity index (χ1n) is 7.37. The van der Waals surface area contributed by atoms with Crippen LogP contribution >= 0.6 is 0 Å². The number of carbonyl (C=O) groups is 2. The smallest absolute Gasteiger partial charge is 0.321 e. The molecular weight excluding hydrogens is 242 g/mol. The molecule has 3 amide bonds. The highest BCUT2D eigenvalue weighted by atomic mass is 16.2. The summed E-state index contributed by atoms with van der Waals surface area (Å²) in [6.07, 6.45) is 6.33. The number of carbonyl (C=O) groups excluding carboxylic acids is 2. The van der Waals surface area contributed by atoms with Gasteiger partial charge in [0.2, 0.25) is 5.91 Å². The maximum Gasteiger partial charge on any atom is 0.321 e. The first kappa shape index (κ1) is 14.3. The zero-order valence-electron chi connectivity index (χ0n) is 11.9. The maximum atomic E-state index is 11.8. The molecule has 0 radical (unpaired) electrons. The van der Waals surface area contributed by atoms with Crippen molar-refractivity contribution in [3.05, 3.63) is 0 Å².